The summed E-state index contributed by atoms with van der Waals surface area (Å²) >= 11 is 4.92. The van der Waals surface area contributed by atoms with Crippen molar-refractivity contribution in [1.82, 2.24) is 15.6 Å². The lowest BCUT2D eigenvalue weighted by Gasteiger charge is -2.25. The third-order valence-corrected chi connectivity index (χ3v) is 2.98. The van der Waals surface area contributed by atoms with E-state index in [0.29, 0.717) is 11.2 Å². The number of nitrogens with zero attached hydrogens (tertiary/aromatic N) is 1. The second kappa shape index (κ2) is 7.21. The fraction of sp³-hybridized carbons (Fsp3) is 0.417. The molecule has 1 aromatic carbocycles. The number of hydrazine groups is 1. The summed E-state index contributed by atoms with van der Waals surface area (Å²) in [6.07, 6.45) is 0. The van der Waals surface area contributed by atoms with Crippen molar-refractivity contribution >= 4 is 17.3 Å². The summed E-state index contributed by atoms with van der Waals surface area (Å²) in [5.74, 6) is 5.19. The molecule has 4 N–H and O–H groups in total. The lowest BCUT2D eigenvalue weighted by Crippen LogP contribution is -2.45. The van der Waals surface area contributed by atoms with Crippen molar-refractivity contribution in [3.8, 4) is 0 Å². The molecule has 1 aromatic rings. The minimum absolute atomic E-state index is 0.376. The predicted octanol–water partition coefficient (Wildman–Crippen LogP) is 0.845. The number of hydrogen-bond donors (Lipinski definition) is 3. The van der Waals surface area contributed by atoms with Crippen molar-refractivity contribution in [2.75, 3.05) is 13.6 Å². The van der Waals surface area contributed by atoms with Crippen LogP contribution in [0.4, 0.5) is 0 Å². The molecule has 1 atom stereocenters. The molecular formula is C12H20N4S. The fourth-order valence-electron chi connectivity index (χ4n) is 1.47. The smallest absolute Gasteiger partial charge is 0.180 e. The molecule has 0 aliphatic rings. The van der Waals surface area contributed by atoms with E-state index < -0.39 is 0 Å². The van der Waals surface area contributed by atoms with Gasteiger partial charge in [-0.25, -0.2) is 5.84 Å². The second-order valence-electron chi connectivity index (χ2n) is 4.10. The van der Waals surface area contributed by atoms with Gasteiger partial charge in [0.15, 0.2) is 5.11 Å². The van der Waals surface area contributed by atoms with Crippen molar-refractivity contribution in [2.45, 2.75) is 19.5 Å². The summed E-state index contributed by atoms with van der Waals surface area (Å²) < 4.78 is 0. The first-order valence-electron chi connectivity index (χ1n) is 5.62. The summed E-state index contributed by atoms with van der Waals surface area (Å²) in [6, 6.07) is 10.8. The molecule has 4 nitrogen and oxygen atoms in total. The van der Waals surface area contributed by atoms with E-state index in [-0.39, 0.29) is 0 Å². The van der Waals surface area contributed by atoms with Gasteiger partial charge in [-0.1, -0.05) is 30.3 Å². The number of nitrogens with one attached hydrogen (secondary N) is 2. The standard InChI is InChI=1S/C12H20N4S/c1-10(8-14-12(17)15-13)16(2)9-11-6-4-3-5-7-11/h3-7,10H,8-9,13H2,1-2H3,(H2,14,15,17). The zero-order chi connectivity index (χ0) is 12.7. The summed E-state index contributed by atoms with van der Waals surface area (Å²) in [5, 5.41) is 3.53. The van der Waals surface area contributed by atoms with Crippen molar-refractivity contribution < 1.29 is 0 Å². The number of hydrogen-bond acceptors (Lipinski definition) is 3. The van der Waals surface area contributed by atoms with Crippen molar-refractivity contribution in [3.05, 3.63) is 35.9 Å². The highest BCUT2D eigenvalue weighted by atomic mass is 32.1. The number of benzene rings is 1. The highest BCUT2D eigenvalue weighted by Crippen LogP contribution is 2.05. The van der Waals surface area contributed by atoms with Crippen LogP contribution in [0.25, 0.3) is 0 Å². The molecule has 0 radical (unpaired) electrons. The Morgan fingerprint density at radius 3 is 2.65 bits per heavy atom. The average Bonchev–Trinajstić information content (AvgIpc) is 2.36. The summed E-state index contributed by atoms with van der Waals surface area (Å²) in [7, 11) is 2.10. The van der Waals surface area contributed by atoms with E-state index >= 15 is 0 Å². The third kappa shape index (κ3) is 5.12. The summed E-state index contributed by atoms with van der Waals surface area (Å²) in [5.41, 5.74) is 3.72. The van der Waals surface area contributed by atoms with E-state index in [9.17, 15) is 0 Å². The molecule has 94 valence electrons. The zero-order valence-electron chi connectivity index (χ0n) is 10.3. The van der Waals surface area contributed by atoms with Gasteiger partial charge in [0.2, 0.25) is 0 Å². The molecule has 5 heteroatoms. The predicted molar refractivity (Wildman–Crippen MR) is 75.3 cm³/mol. The van der Waals surface area contributed by atoms with Gasteiger partial charge >= 0.3 is 0 Å². The van der Waals surface area contributed by atoms with E-state index in [1.54, 1.807) is 0 Å². The Hall–Kier alpha value is -1.17. The van der Waals surface area contributed by atoms with Crippen molar-refractivity contribution in [2.24, 2.45) is 5.84 Å². The van der Waals surface area contributed by atoms with Crippen LogP contribution in [0.1, 0.15) is 12.5 Å². The Kier molecular flexibility index (Phi) is 5.90. The van der Waals surface area contributed by atoms with Gasteiger partial charge in [0, 0.05) is 19.1 Å². The first kappa shape index (κ1) is 13.9. The SMILES string of the molecule is CC(CNC(=S)NN)N(C)Cc1ccccc1. The Morgan fingerprint density at radius 2 is 2.06 bits per heavy atom. The number of rotatable bonds is 5. The van der Waals surface area contributed by atoms with E-state index in [1.165, 1.54) is 5.56 Å². The van der Waals surface area contributed by atoms with Crippen molar-refractivity contribution in [1.29, 1.82) is 0 Å². The minimum Gasteiger partial charge on any atom is -0.360 e. The van der Waals surface area contributed by atoms with E-state index in [4.69, 9.17) is 18.1 Å². The van der Waals surface area contributed by atoms with E-state index in [2.05, 4.69) is 53.9 Å². The summed E-state index contributed by atoms with van der Waals surface area (Å²) in [6.45, 7) is 3.84. The number of nitrogens with two attached hydrogens (primary N) is 1. The normalized spacial score (nSPS) is 12.2. The maximum Gasteiger partial charge on any atom is 0.180 e. The molecule has 0 fully saturated rings. The van der Waals surface area contributed by atoms with Crippen LogP contribution >= 0.6 is 12.2 Å². The molecule has 0 spiro atoms. The first-order chi connectivity index (χ1) is 8.13. The highest BCUT2D eigenvalue weighted by Gasteiger charge is 2.09. The van der Waals surface area contributed by atoms with Crippen molar-refractivity contribution in [3.63, 3.8) is 0 Å². The van der Waals surface area contributed by atoms with Gasteiger partial charge in [-0.15, -0.1) is 0 Å². The Bertz CT molecular complexity index is 342. The monoisotopic (exact) mass is 252 g/mol. The van der Waals surface area contributed by atoms with Gasteiger partial charge in [0.25, 0.3) is 0 Å². The van der Waals surface area contributed by atoms with Crippen LogP contribution in [0.15, 0.2) is 30.3 Å². The maximum atomic E-state index is 5.19. The van der Waals surface area contributed by atoms with Crippen LogP contribution in [-0.2, 0) is 6.54 Å². The van der Waals surface area contributed by atoms with Crippen LogP contribution in [-0.4, -0.2) is 29.6 Å². The first-order valence-corrected chi connectivity index (χ1v) is 6.03. The lowest BCUT2D eigenvalue weighted by molar-refractivity contribution is 0.249. The van der Waals surface area contributed by atoms with Crippen LogP contribution in [0.3, 0.4) is 0 Å². The Labute approximate surface area is 108 Å². The largest absolute Gasteiger partial charge is 0.360 e. The Morgan fingerprint density at radius 1 is 1.41 bits per heavy atom. The molecular weight excluding hydrogens is 232 g/mol. The number of thiocarbonyl (C=S) groups is 1. The van der Waals surface area contributed by atoms with Crippen LogP contribution in [0, 0.1) is 0 Å². The topological polar surface area (TPSA) is 53.3 Å². The zero-order valence-corrected chi connectivity index (χ0v) is 11.1. The lowest BCUT2D eigenvalue weighted by atomic mass is 10.2. The van der Waals surface area contributed by atoms with Gasteiger partial charge in [-0.05, 0) is 31.8 Å². The third-order valence-electron chi connectivity index (χ3n) is 2.72. The van der Waals surface area contributed by atoms with Gasteiger partial charge in [-0.3, -0.25) is 4.90 Å². The molecule has 0 aliphatic heterocycles. The molecule has 0 amide bonds. The van der Waals surface area contributed by atoms with Gasteiger partial charge < -0.3 is 10.7 Å². The molecule has 0 aromatic heterocycles. The van der Waals surface area contributed by atoms with Gasteiger partial charge in [0.1, 0.15) is 0 Å². The minimum atomic E-state index is 0.376. The van der Waals surface area contributed by atoms with Gasteiger partial charge in [-0.2, -0.15) is 0 Å². The highest BCUT2D eigenvalue weighted by molar-refractivity contribution is 7.80. The average molecular weight is 252 g/mol. The van der Waals surface area contributed by atoms with Crippen LogP contribution < -0.4 is 16.6 Å². The molecule has 0 aliphatic carbocycles. The molecule has 0 saturated heterocycles. The maximum absolute atomic E-state index is 5.19. The molecule has 17 heavy (non-hydrogen) atoms. The number of likely N-dealkylation sites (N-methyl/N-ethyl adjacent to an activating group) is 1. The van der Waals surface area contributed by atoms with Crippen LogP contribution in [0.2, 0.25) is 0 Å². The molecule has 0 saturated carbocycles. The fourth-order valence-corrected chi connectivity index (χ4v) is 1.56. The molecule has 1 rings (SSSR count). The van der Waals surface area contributed by atoms with Crippen LogP contribution in [0.5, 0.6) is 0 Å². The molecule has 0 bridgehead atoms. The van der Waals surface area contributed by atoms with E-state index in [1.807, 2.05) is 6.07 Å². The molecule has 1 unspecified atom stereocenters. The Balaban J connectivity index is 2.37. The molecule has 0 heterocycles. The second-order valence-corrected chi connectivity index (χ2v) is 4.51. The van der Waals surface area contributed by atoms with Gasteiger partial charge in [0.05, 0.1) is 0 Å². The van der Waals surface area contributed by atoms with E-state index in [0.717, 1.165) is 13.1 Å². The quantitative estimate of drug-likeness (QED) is 0.412. The summed E-state index contributed by atoms with van der Waals surface area (Å²) in [4.78, 5) is 2.27.